The van der Waals surface area contributed by atoms with Crippen molar-refractivity contribution < 1.29 is 4.74 Å². The fourth-order valence-corrected chi connectivity index (χ4v) is 9.16. The monoisotopic (exact) mass is 695 g/mol. The van der Waals surface area contributed by atoms with Crippen molar-refractivity contribution in [2.45, 2.75) is 5.41 Å². The molecule has 248 valence electrons. The topological polar surface area (TPSA) is 47.9 Å². The highest BCUT2D eigenvalue weighted by Gasteiger charge is 2.51. The van der Waals surface area contributed by atoms with Gasteiger partial charge in [0.05, 0.1) is 5.41 Å². The third-order valence-corrected chi connectivity index (χ3v) is 11.6. The molecule has 4 nitrogen and oxygen atoms in total. The van der Waals surface area contributed by atoms with Gasteiger partial charge >= 0.3 is 0 Å². The number of hydrogen-bond acceptors (Lipinski definition) is 5. The molecule has 11 rings (SSSR count). The molecule has 1 spiro atoms. The molecule has 2 aromatic heterocycles. The lowest BCUT2D eigenvalue weighted by Gasteiger charge is -2.39. The number of benzene rings is 7. The van der Waals surface area contributed by atoms with Crippen molar-refractivity contribution in [3.63, 3.8) is 0 Å². The minimum atomic E-state index is -0.533. The molecule has 0 fully saturated rings. The van der Waals surface area contributed by atoms with Crippen molar-refractivity contribution >= 4 is 21.4 Å². The molecule has 5 heteroatoms. The predicted molar refractivity (Wildman–Crippen MR) is 214 cm³/mol. The van der Waals surface area contributed by atoms with Crippen LogP contribution >= 0.6 is 11.3 Å². The molecular weight excluding hydrogens is 667 g/mol. The Morgan fingerprint density at radius 2 is 0.943 bits per heavy atom. The van der Waals surface area contributed by atoms with Crippen LogP contribution in [0.2, 0.25) is 0 Å². The molecule has 9 aromatic rings. The second-order valence-electron chi connectivity index (χ2n) is 13.5. The third kappa shape index (κ3) is 4.51. The standard InChI is InChI=1S/C48H29N3OS/c1-3-11-31(12-4-1)45-49-46(32-13-5-2-6-14-32)51-47(50-45)33-21-19-30(20-22-33)34-23-24-35-40(29-34)48(39-25-26-43-36(44(35)39)27-28-53-43)37-15-7-9-17-41(37)52-42-18-10-8-16-38(42)48/h1-29H. The maximum atomic E-state index is 6.60. The number of nitrogens with zero attached hydrogens (tertiary/aromatic N) is 3. The highest BCUT2D eigenvalue weighted by Crippen LogP contribution is 2.63. The zero-order chi connectivity index (χ0) is 34.9. The van der Waals surface area contributed by atoms with Gasteiger partial charge in [-0.3, -0.25) is 0 Å². The lowest BCUT2D eigenvalue weighted by Crippen LogP contribution is -2.32. The molecule has 2 aliphatic rings. The summed E-state index contributed by atoms with van der Waals surface area (Å²) in [5.74, 6) is 3.74. The van der Waals surface area contributed by atoms with Gasteiger partial charge in [0.25, 0.3) is 0 Å². The van der Waals surface area contributed by atoms with Crippen LogP contribution in [0.5, 0.6) is 11.5 Å². The quantitative estimate of drug-likeness (QED) is 0.184. The maximum absolute atomic E-state index is 6.60. The minimum absolute atomic E-state index is 0.533. The second-order valence-corrected chi connectivity index (χ2v) is 14.5. The van der Waals surface area contributed by atoms with Crippen LogP contribution in [0.4, 0.5) is 0 Å². The first-order chi connectivity index (χ1) is 26.3. The van der Waals surface area contributed by atoms with Gasteiger partial charge in [-0.25, -0.2) is 15.0 Å². The van der Waals surface area contributed by atoms with Gasteiger partial charge in [0.15, 0.2) is 17.5 Å². The van der Waals surface area contributed by atoms with E-state index < -0.39 is 5.41 Å². The van der Waals surface area contributed by atoms with E-state index in [0.29, 0.717) is 17.5 Å². The van der Waals surface area contributed by atoms with E-state index in [0.717, 1.165) is 39.3 Å². The Bertz CT molecular complexity index is 2760. The largest absolute Gasteiger partial charge is 0.457 e. The number of rotatable bonds is 4. The Hall–Kier alpha value is -6.69. The zero-order valence-electron chi connectivity index (χ0n) is 28.4. The van der Waals surface area contributed by atoms with Gasteiger partial charge in [0, 0.05) is 37.9 Å². The van der Waals surface area contributed by atoms with Crippen molar-refractivity contribution in [2.75, 3.05) is 0 Å². The van der Waals surface area contributed by atoms with Crippen LogP contribution in [0.15, 0.2) is 175 Å². The van der Waals surface area contributed by atoms with Crippen molar-refractivity contribution in [3.05, 3.63) is 197 Å². The number of ether oxygens (including phenoxy) is 1. The molecule has 0 unspecified atom stereocenters. The molecule has 0 radical (unpaired) electrons. The van der Waals surface area contributed by atoms with Crippen molar-refractivity contribution in [1.82, 2.24) is 15.0 Å². The number of hydrogen-bond donors (Lipinski definition) is 0. The third-order valence-electron chi connectivity index (χ3n) is 10.7. The summed E-state index contributed by atoms with van der Waals surface area (Å²) in [7, 11) is 0. The van der Waals surface area contributed by atoms with Gasteiger partial charge < -0.3 is 4.74 Å². The molecular formula is C48H29N3OS. The van der Waals surface area contributed by atoms with Gasteiger partial charge in [-0.2, -0.15) is 0 Å². The van der Waals surface area contributed by atoms with E-state index in [1.165, 1.54) is 43.5 Å². The lowest BCUT2D eigenvalue weighted by molar-refractivity contribution is 0.436. The number of aromatic nitrogens is 3. The summed E-state index contributed by atoms with van der Waals surface area (Å²) in [6, 6.07) is 59.8. The van der Waals surface area contributed by atoms with E-state index in [-0.39, 0.29) is 0 Å². The Balaban J connectivity index is 1.08. The Kier molecular flexibility index (Phi) is 6.60. The molecule has 0 saturated heterocycles. The molecule has 0 saturated carbocycles. The van der Waals surface area contributed by atoms with E-state index in [2.05, 4.69) is 115 Å². The fourth-order valence-electron chi connectivity index (χ4n) is 8.37. The summed E-state index contributed by atoms with van der Waals surface area (Å²) in [5.41, 5.74) is 12.1. The van der Waals surface area contributed by atoms with E-state index in [1.807, 2.05) is 60.7 Å². The summed E-state index contributed by atoms with van der Waals surface area (Å²) >= 11 is 1.79. The molecule has 7 aromatic carbocycles. The molecule has 0 amide bonds. The number of fused-ring (bicyclic) bond motifs is 11. The first-order valence-corrected chi connectivity index (χ1v) is 18.6. The highest BCUT2D eigenvalue weighted by molar-refractivity contribution is 7.17. The summed E-state index contributed by atoms with van der Waals surface area (Å²) in [6.45, 7) is 0. The Labute approximate surface area is 310 Å². The van der Waals surface area contributed by atoms with E-state index in [9.17, 15) is 0 Å². The summed E-state index contributed by atoms with van der Waals surface area (Å²) in [5, 5.41) is 3.50. The van der Waals surface area contributed by atoms with Gasteiger partial charge in [-0.05, 0) is 69.1 Å². The van der Waals surface area contributed by atoms with E-state index in [4.69, 9.17) is 19.7 Å². The van der Waals surface area contributed by atoms with Gasteiger partial charge in [0.1, 0.15) is 11.5 Å². The smallest absolute Gasteiger partial charge is 0.164 e. The van der Waals surface area contributed by atoms with Crippen LogP contribution in [0, 0.1) is 0 Å². The molecule has 1 aliphatic carbocycles. The fraction of sp³-hybridized carbons (Fsp3) is 0.0208. The zero-order valence-corrected chi connectivity index (χ0v) is 29.2. The molecule has 0 bridgehead atoms. The van der Waals surface area contributed by atoms with Crippen LogP contribution in [0.25, 0.3) is 66.5 Å². The first kappa shape index (κ1) is 30.0. The molecule has 0 atom stereocenters. The summed E-state index contributed by atoms with van der Waals surface area (Å²) in [6.07, 6.45) is 0. The van der Waals surface area contributed by atoms with Crippen LogP contribution in [0.1, 0.15) is 22.3 Å². The molecule has 1 aliphatic heterocycles. The average Bonchev–Trinajstić information content (AvgIpc) is 3.83. The molecule has 53 heavy (non-hydrogen) atoms. The normalized spacial score (nSPS) is 13.2. The van der Waals surface area contributed by atoms with Gasteiger partial charge in [-0.1, -0.05) is 140 Å². The second kappa shape index (κ2) is 11.7. The summed E-state index contributed by atoms with van der Waals surface area (Å²) in [4.78, 5) is 14.8. The van der Waals surface area contributed by atoms with Gasteiger partial charge in [-0.15, -0.1) is 11.3 Å². The maximum Gasteiger partial charge on any atom is 0.164 e. The van der Waals surface area contributed by atoms with Crippen LogP contribution < -0.4 is 4.74 Å². The van der Waals surface area contributed by atoms with Crippen molar-refractivity contribution in [2.24, 2.45) is 0 Å². The molecule has 3 heterocycles. The van der Waals surface area contributed by atoms with Crippen LogP contribution in [-0.2, 0) is 5.41 Å². The first-order valence-electron chi connectivity index (χ1n) is 17.8. The Morgan fingerprint density at radius 3 is 1.57 bits per heavy atom. The Morgan fingerprint density at radius 1 is 0.415 bits per heavy atom. The highest BCUT2D eigenvalue weighted by atomic mass is 32.1. The van der Waals surface area contributed by atoms with Crippen molar-refractivity contribution in [3.8, 4) is 67.9 Å². The summed E-state index contributed by atoms with van der Waals surface area (Å²) < 4.78 is 7.89. The number of thiophene rings is 1. The predicted octanol–water partition coefficient (Wildman–Crippen LogP) is 12.2. The lowest BCUT2D eigenvalue weighted by atomic mass is 9.66. The van der Waals surface area contributed by atoms with E-state index in [1.54, 1.807) is 11.3 Å². The minimum Gasteiger partial charge on any atom is -0.457 e. The SMILES string of the molecule is c1ccc(-c2nc(-c3ccccc3)nc(-c3ccc(-c4ccc5c(c4)C4(c6ccccc6Oc6ccccc64)c4ccc6sccc6c4-5)cc3)n2)cc1. The van der Waals surface area contributed by atoms with E-state index >= 15 is 0 Å². The average molecular weight is 696 g/mol. The van der Waals surface area contributed by atoms with Gasteiger partial charge in [0.2, 0.25) is 0 Å². The van der Waals surface area contributed by atoms with Crippen molar-refractivity contribution in [1.29, 1.82) is 0 Å². The van der Waals surface area contributed by atoms with Crippen LogP contribution in [0.3, 0.4) is 0 Å². The number of para-hydroxylation sites is 2. The van der Waals surface area contributed by atoms with Crippen LogP contribution in [-0.4, -0.2) is 15.0 Å². The molecule has 0 N–H and O–H groups in total.